The largest absolute Gasteiger partial charge is 0.586 e. The van der Waals surface area contributed by atoms with Gasteiger partial charge >= 0.3 is 6.29 Å². The number of benzene rings is 1. The van der Waals surface area contributed by atoms with Crippen molar-refractivity contribution in [2.24, 2.45) is 0 Å². The topological polar surface area (TPSA) is 59.6 Å². The van der Waals surface area contributed by atoms with E-state index in [1.165, 1.54) is 25.1 Å². The van der Waals surface area contributed by atoms with Crippen molar-refractivity contribution in [3.8, 4) is 11.5 Å². The van der Waals surface area contributed by atoms with Crippen LogP contribution in [0.5, 0.6) is 11.5 Å². The highest BCUT2D eigenvalue weighted by atomic mass is 32.1. The first-order chi connectivity index (χ1) is 8.37. The molecule has 2 N–H and O–H groups in total. The third-order valence-electron chi connectivity index (χ3n) is 1.97. The predicted octanol–water partition coefficient (Wildman–Crippen LogP) is 1.84. The number of ether oxygens (including phenoxy) is 2. The van der Waals surface area contributed by atoms with Gasteiger partial charge in [0.15, 0.2) is 16.6 Å². The standard InChI is InChI=1S/C10H8F2N2O3S/c1-5(15)13-9(18)14-6-3-2-4-7-8(6)17-10(11,12)16-7/h2-4H,1H3,(H2,13,14,15,18). The smallest absolute Gasteiger partial charge is 0.395 e. The van der Waals surface area contributed by atoms with E-state index in [9.17, 15) is 13.6 Å². The van der Waals surface area contributed by atoms with Crippen LogP contribution in [-0.2, 0) is 4.79 Å². The molecule has 0 spiro atoms. The minimum atomic E-state index is -3.70. The van der Waals surface area contributed by atoms with Crippen molar-refractivity contribution in [1.82, 2.24) is 5.32 Å². The maximum atomic E-state index is 12.9. The Balaban J connectivity index is 2.19. The summed E-state index contributed by atoms with van der Waals surface area (Å²) in [4.78, 5) is 10.8. The summed E-state index contributed by atoms with van der Waals surface area (Å²) in [7, 11) is 0. The molecule has 0 aromatic heterocycles. The number of thiocarbonyl (C=S) groups is 1. The highest BCUT2D eigenvalue weighted by Gasteiger charge is 2.44. The average Bonchev–Trinajstić information content (AvgIpc) is 2.52. The molecular formula is C10H8F2N2O3S. The lowest BCUT2D eigenvalue weighted by Gasteiger charge is -2.10. The van der Waals surface area contributed by atoms with E-state index in [-0.39, 0.29) is 28.2 Å². The Hall–Kier alpha value is -1.96. The Bertz CT molecular complexity index is 522. The molecule has 0 radical (unpaired) electrons. The molecule has 0 aliphatic carbocycles. The van der Waals surface area contributed by atoms with Crippen molar-refractivity contribution in [3.05, 3.63) is 18.2 Å². The first-order valence-electron chi connectivity index (χ1n) is 4.85. The lowest BCUT2D eigenvalue weighted by Crippen LogP contribution is -2.32. The van der Waals surface area contributed by atoms with E-state index in [1.54, 1.807) is 0 Å². The molecular weight excluding hydrogens is 266 g/mol. The van der Waals surface area contributed by atoms with Crippen LogP contribution in [0.1, 0.15) is 6.92 Å². The van der Waals surface area contributed by atoms with Crippen LogP contribution in [-0.4, -0.2) is 17.3 Å². The number of hydrogen-bond acceptors (Lipinski definition) is 4. The van der Waals surface area contributed by atoms with Gasteiger partial charge in [-0.05, 0) is 24.4 Å². The van der Waals surface area contributed by atoms with E-state index in [2.05, 4.69) is 20.1 Å². The van der Waals surface area contributed by atoms with Gasteiger partial charge in [-0.15, -0.1) is 8.78 Å². The molecule has 0 bridgehead atoms. The molecule has 0 saturated carbocycles. The molecule has 1 aromatic rings. The number of para-hydroxylation sites is 1. The fourth-order valence-electron chi connectivity index (χ4n) is 1.38. The predicted molar refractivity (Wildman–Crippen MR) is 62.7 cm³/mol. The Labute approximate surface area is 106 Å². The molecule has 18 heavy (non-hydrogen) atoms. The van der Waals surface area contributed by atoms with Gasteiger partial charge in [0.25, 0.3) is 0 Å². The molecule has 96 valence electrons. The molecule has 0 atom stereocenters. The molecule has 2 rings (SSSR count). The van der Waals surface area contributed by atoms with Gasteiger partial charge in [0.05, 0.1) is 5.69 Å². The van der Waals surface area contributed by atoms with Crippen LogP contribution in [0.2, 0.25) is 0 Å². The van der Waals surface area contributed by atoms with E-state index in [0.29, 0.717) is 0 Å². The van der Waals surface area contributed by atoms with Gasteiger partial charge in [0, 0.05) is 6.92 Å². The third kappa shape index (κ3) is 2.65. The van der Waals surface area contributed by atoms with Gasteiger partial charge in [-0.1, -0.05) is 6.07 Å². The Morgan fingerprint density at radius 1 is 1.39 bits per heavy atom. The first kappa shape index (κ1) is 12.5. The summed E-state index contributed by atoms with van der Waals surface area (Å²) < 4.78 is 34.4. The number of amides is 1. The summed E-state index contributed by atoms with van der Waals surface area (Å²) in [5.74, 6) is -0.631. The van der Waals surface area contributed by atoms with Crippen molar-refractivity contribution >= 4 is 28.9 Å². The molecule has 8 heteroatoms. The molecule has 0 unspecified atom stereocenters. The van der Waals surface area contributed by atoms with Crippen molar-refractivity contribution < 1.29 is 23.0 Å². The fourth-order valence-corrected chi connectivity index (χ4v) is 1.63. The van der Waals surface area contributed by atoms with Gasteiger partial charge < -0.3 is 20.1 Å². The summed E-state index contributed by atoms with van der Waals surface area (Å²) in [6.07, 6.45) is -3.70. The van der Waals surface area contributed by atoms with Crippen molar-refractivity contribution in [2.45, 2.75) is 13.2 Å². The van der Waals surface area contributed by atoms with Gasteiger partial charge in [0.2, 0.25) is 5.91 Å². The number of anilines is 1. The molecule has 1 heterocycles. The number of alkyl halides is 2. The zero-order valence-corrected chi connectivity index (χ0v) is 9.94. The van der Waals surface area contributed by atoms with Crippen molar-refractivity contribution in [1.29, 1.82) is 0 Å². The molecule has 0 fully saturated rings. The van der Waals surface area contributed by atoms with Crippen LogP contribution < -0.4 is 20.1 Å². The van der Waals surface area contributed by atoms with Gasteiger partial charge in [0.1, 0.15) is 0 Å². The summed E-state index contributed by atoms with van der Waals surface area (Å²) >= 11 is 4.81. The number of carbonyl (C=O) groups excluding carboxylic acids is 1. The number of hydrogen-bond donors (Lipinski definition) is 2. The molecule has 1 amide bonds. The molecule has 1 aliphatic rings. The van der Waals surface area contributed by atoms with Gasteiger partial charge in [-0.25, -0.2) is 0 Å². The molecule has 1 aromatic carbocycles. The number of fused-ring (bicyclic) bond motifs is 1. The summed E-state index contributed by atoms with van der Waals surface area (Å²) in [5.41, 5.74) is 0.184. The second-order valence-electron chi connectivity index (χ2n) is 3.44. The average molecular weight is 274 g/mol. The minimum absolute atomic E-state index is 0.0188. The Kier molecular flexibility index (Phi) is 3.04. The van der Waals surface area contributed by atoms with E-state index >= 15 is 0 Å². The number of carbonyl (C=O) groups is 1. The lowest BCUT2D eigenvalue weighted by molar-refractivity contribution is -0.286. The molecule has 5 nitrogen and oxygen atoms in total. The third-order valence-corrected chi connectivity index (χ3v) is 2.17. The monoisotopic (exact) mass is 274 g/mol. The first-order valence-corrected chi connectivity index (χ1v) is 5.25. The summed E-state index contributed by atoms with van der Waals surface area (Å²) in [6.45, 7) is 1.27. The normalized spacial score (nSPS) is 15.1. The second-order valence-corrected chi connectivity index (χ2v) is 3.84. The zero-order chi connectivity index (χ0) is 13.3. The minimum Gasteiger partial charge on any atom is -0.395 e. The van der Waals surface area contributed by atoms with Crippen LogP contribution in [0.15, 0.2) is 18.2 Å². The van der Waals surface area contributed by atoms with Gasteiger partial charge in [-0.3, -0.25) is 4.79 Å². The highest BCUT2D eigenvalue weighted by molar-refractivity contribution is 7.80. The van der Waals surface area contributed by atoms with Gasteiger partial charge in [-0.2, -0.15) is 0 Å². The van der Waals surface area contributed by atoms with Crippen LogP contribution in [0, 0.1) is 0 Å². The highest BCUT2D eigenvalue weighted by Crippen LogP contribution is 2.45. The summed E-state index contributed by atoms with van der Waals surface area (Å²) in [5, 5.41) is 4.85. The maximum absolute atomic E-state index is 12.9. The quantitative estimate of drug-likeness (QED) is 0.765. The maximum Gasteiger partial charge on any atom is 0.586 e. The van der Waals surface area contributed by atoms with Crippen LogP contribution >= 0.6 is 12.2 Å². The van der Waals surface area contributed by atoms with Crippen LogP contribution in [0.25, 0.3) is 0 Å². The van der Waals surface area contributed by atoms with Crippen LogP contribution in [0.4, 0.5) is 14.5 Å². The van der Waals surface area contributed by atoms with E-state index in [4.69, 9.17) is 12.2 Å². The fraction of sp³-hybridized carbons (Fsp3) is 0.200. The lowest BCUT2D eigenvalue weighted by atomic mass is 10.3. The summed E-state index contributed by atoms with van der Waals surface area (Å²) in [6, 6.07) is 4.29. The Morgan fingerprint density at radius 2 is 2.11 bits per heavy atom. The molecule has 0 saturated heterocycles. The zero-order valence-electron chi connectivity index (χ0n) is 9.12. The number of rotatable bonds is 1. The van der Waals surface area contributed by atoms with E-state index < -0.39 is 6.29 Å². The van der Waals surface area contributed by atoms with Crippen molar-refractivity contribution in [2.75, 3.05) is 5.32 Å². The molecule has 1 aliphatic heterocycles. The van der Waals surface area contributed by atoms with Crippen LogP contribution in [0.3, 0.4) is 0 Å². The Morgan fingerprint density at radius 3 is 2.78 bits per heavy atom. The van der Waals surface area contributed by atoms with Crippen molar-refractivity contribution in [3.63, 3.8) is 0 Å². The van der Waals surface area contributed by atoms with E-state index in [0.717, 1.165) is 0 Å². The second kappa shape index (κ2) is 4.37. The van der Waals surface area contributed by atoms with E-state index in [1.807, 2.05) is 0 Å². The number of nitrogens with one attached hydrogen (secondary N) is 2. The SMILES string of the molecule is CC(=O)NC(=S)Nc1cccc2c1OC(F)(F)O2. The number of halogens is 2.